The number of aliphatic hydroxyl groups is 1. The third-order valence-corrected chi connectivity index (χ3v) is 6.23. The van der Waals surface area contributed by atoms with Gasteiger partial charge in [-0.05, 0) is 53.4 Å². The van der Waals surface area contributed by atoms with Gasteiger partial charge in [-0.25, -0.2) is 4.79 Å². The fraction of sp³-hybridized carbons (Fsp3) is 0.207. The molecule has 3 aromatic carbocycles. The number of carbonyl (C=O) groups excluding carboxylic acids is 3. The minimum Gasteiger partial charge on any atom is -0.507 e. The maximum atomic E-state index is 13.4. The van der Waals surface area contributed by atoms with Gasteiger partial charge in [0.2, 0.25) is 0 Å². The molecular weight excluding hydrogens is 458 g/mol. The molecular formula is C29H27NO6. The second-order valence-corrected chi connectivity index (χ2v) is 8.73. The molecule has 1 N–H and O–H groups in total. The zero-order valence-electron chi connectivity index (χ0n) is 20.5. The quantitative estimate of drug-likeness (QED) is 0.222. The summed E-state index contributed by atoms with van der Waals surface area (Å²) in [4.78, 5) is 40.2. The molecule has 1 saturated heterocycles. The van der Waals surface area contributed by atoms with Gasteiger partial charge >= 0.3 is 5.97 Å². The predicted octanol–water partition coefficient (Wildman–Crippen LogP) is 5.23. The number of ketones is 1. The molecule has 7 heteroatoms. The number of esters is 1. The first kappa shape index (κ1) is 24.7. The maximum absolute atomic E-state index is 13.4. The first-order chi connectivity index (χ1) is 17.3. The fourth-order valence-electron chi connectivity index (χ4n) is 4.44. The molecule has 0 spiro atoms. The Labute approximate surface area is 209 Å². The molecule has 1 aliphatic rings. The lowest BCUT2D eigenvalue weighted by molar-refractivity contribution is -0.132. The minimum atomic E-state index is -0.899. The van der Waals surface area contributed by atoms with Crippen LogP contribution in [0, 0.1) is 0 Å². The molecule has 1 fully saturated rings. The number of benzene rings is 3. The highest BCUT2D eigenvalue weighted by atomic mass is 16.5. The summed E-state index contributed by atoms with van der Waals surface area (Å²) in [5.74, 6) is -1.69. The second kappa shape index (κ2) is 10.1. The summed E-state index contributed by atoms with van der Waals surface area (Å²) in [5, 5.41) is 11.4. The second-order valence-electron chi connectivity index (χ2n) is 8.73. The highest BCUT2D eigenvalue weighted by Gasteiger charge is 2.47. The summed E-state index contributed by atoms with van der Waals surface area (Å²) < 4.78 is 10.3. The Morgan fingerprint density at radius 2 is 1.64 bits per heavy atom. The van der Waals surface area contributed by atoms with Crippen molar-refractivity contribution < 1.29 is 29.0 Å². The van der Waals surface area contributed by atoms with Crippen LogP contribution in [-0.4, -0.2) is 37.0 Å². The smallest absolute Gasteiger partial charge is 0.337 e. The van der Waals surface area contributed by atoms with E-state index >= 15 is 0 Å². The van der Waals surface area contributed by atoms with Crippen molar-refractivity contribution >= 4 is 29.1 Å². The van der Waals surface area contributed by atoms with Gasteiger partial charge in [0, 0.05) is 11.3 Å². The van der Waals surface area contributed by atoms with Crippen molar-refractivity contribution in [3.8, 4) is 5.75 Å². The Morgan fingerprint density at radius 3 is 2.28 bits per heavy atom. The number of anilines is 1. The number of hydrogen-bond donors (Lipinski definition) is 1. The molecule has 0 aromatic heterocycles. The van der Waals surface area contributed by atoms with Crippen LogP contribution < -0.4 is 9.64 Å². The number of rotatable bonds is 6. The summed E-state index contributed by atoms with van der Waals surface area (Å²) in [6.45, 7) is 4.00. The van der Waals surface area contributed by atoms with E-state index < -0.39 is 23.7 Å². The van der Waals surface area contributed by atoms with Crippen LogP contribution in [0.4, 0.5) is 5.69 Å². The molecule has 3 aromatic rings. The van der Waals surface area contributed by atoms with Gasteiger partial charge in [-0.2, -0.15) is 0 Å². The third-order valence-electron chi connectivity index (χ3n) is 6.23. The molecule has 1 unspecified atom stereocenters. The van der Waals surface area contributed by atoms with Gasteiger partial charge in [0.25, 0.3) is 11.7 Å². The van der Waals surface area contributed by atoms with E-state index in [4.69, 9.17) is 9.47 Å². The van der Waals surface area contributed by atoms with Gasteiger partial charge in [-0.1, -0.05) is 50.2 Å². The molecule has 184 valence electrons. The fourth-order valence-corrected chi connectivity index (χ4v) is 4.44. The number of aliphatic hydroxyl groups excluding tert-OH is 1. The number of methoxy groups -OCH3 is 2. The van der Waals surface area contributed by atoms with Crippen LogP contribution in [0.3, 0.4) is 0 Å². The Hall–Kier alpha value is -4.39. The number of hydrogen-bond acceptors (Lipinski definition) is 6. The molecule has 0 radical (unpaired) electrons. The zero-order valence-corrected chi connectivity index (χ0v) is 20.5. The number of ether oxygens (including phenoxy) is 2. The van der Waals surface area contributed by atoms with Crippen LogP contribution in [0.5, 0.6) is 5.75 Å². The van der Waals surface area contributed by atoms with Crippen molar-refractivity contribution in [2.75, 3.05) is 19.1 Å². The SMILES string of the molecule is COC(=O)c1cccc(N2C(=O)C(=O)/C(=C(\O)c3ccc(OC)c(C(C)C)c3)C2c2ccccc2)c1. The van der Waals surface area contributed by atoms with Crippen LogP contribution in [-0.2, 0) is 14.3 Å². The van der Waals surface area contributed by atoms with Crippen LogP contribution in [0.25, 0.3) is 5.76 Å². The standard InChI is InChI=1S/C29H27NO6/c1-17(2)22-16-19(13-14-23(22)35-3)26(31)24-25(18-9-6-5-7-10-18)30(28(33)27(24)32)21-12-8-11-20(15-21)29(34)36-4/h5-17,25,31H,1-4H3/b26-24-. The normalized spacial score (nSPS) is 16.9. The number of amides is 1. The molecule has 0 bridgehead atoms. The van der Waals surface area contributed by atoms with E-state index in [-0.39, 0.29) is 22.8 Å². The largest absolute Gasteiger partial charge is 0.507 e. The molecule has 36 heavy (non-hydrogen) atoms. The van der Waals surface area contributed by atoms with E-state index in [1.54, 1.807) is 67.8 Å². The Kier molecular flexibility index (Phi) is 6.92. The molecule has 1 amide bonds. The summed E-state index contributed by atoms with van der Waals surface area (Å²) in [6, 6.07) is 19.6. The van der Waals surface area contributed by atoms with Crippen molar-refractivity contribution in [1.29, 1.82) is 0 Å². The summed E-state index contributed by atoms with van der Waals surface area (Å²) >= 11 is 0. The van der Waals surface area contributed by atoms with Gasteiger partial charge in [0.05, 0.1) is 31.4 Å². The van der Waals surface area contributed by atoms with E-state index in [0.29, 0.717) is 22.6 Å². The zero-order chi connectivity index (χ0) is 26.0. The first-order valence-electron chi connectivity index (χ1n) is 11.5. The molecule has 1 heterocycles. The lowest BCUT2D eigenvalue weighted by Crippen LogP contribution is -2.29. The lowest BCUT2D eigenvalue weighted by Gasteiger charge is -2.25. The molecule has 1 atom stereocenters. The Balaban J connectivity index is 1.93. The Morgan fingerprint density at radius 1 is 0.917 bits per heavy atom. The monoisotopic (exact) mass is 485 g/mol. The molecule has 4 rings (SSSR count). The van der Waals surface area contributed by atoms with E-state index in [1.807, 2.05) is 19.9 Å². The van der Waals surface area contributed by atoms with Crippen LogP contribution in [0.1, 0.15) is 52.9 Å². The van der Waals surface area contributed by atoms with Crippen molar-refractivity contribution in [3.05, 3.63) is 101 Å². The van der Waals surface area contributed by atoms with Crippen LogP contribution in [0.2, 0.25) is 0 Å². The molecule has 0 saturated carbocycles. The maximum Gasteiger partial charge on any atom is 0.337 e. The van der Waals surface area contributed by atoms with Crippen LogP contribution >= 0.6 is 0 Å². The number of Topliss-reactive ketones (excluding diaryl/α,β-unsaturated/α-hetero) is 1. The van der Waals surface area contributed by atoms with E-state index in [2.05, 4.69) is 0 Å². The first-order valence-corrected chi connectivity index (χ1v) is 11.5. The average Bonchev–Trinajstić information content (AvgIpc) is 3.17. The van der Waals surface area contributed by atoms with Gasteiger partial charge in [-0.3, -0.25) is 14.5 Å². The van der Waals surface area contributed by atoms with Crippen molar-refractivity contribution in [1.82, 2.24) is 0 Å². The highest BCUT2D eigenvalue weighted by molar-refractivity contribution is 6.51. The highest BCUT2D eigenvalue weighted by Crippen LogP contribution is 2.43. The molecule has 1 aliphatic heterocycles. The van der Waals surface area contributed by atoms with Gasteiger partial charge < -0.3 is 14.6 Å². The summed E-state index contributed by atoms with van der Waals surface area (Å²) in [7, 11) is 2.84. The number of nitrogens with zero attached hydrogens (tertiary/aromatic N) is 1. The van der Waals surface area contributed by atoms with Crippen molar-refractivity contribution in [3.63, 3.8) is 0 Å². The van der Waals surface area contributed by atoms with E-state index in [0.717, 1.165) is 5.56 Å². The van der Waals surface area contributed by atoms with Crippen molar-refractivity contribution in [2.24, 2.45) is 0 Å². The summed E-state index contributed by atoms with van der Waals surface area (Å²) in [6.07, 6.45) is 0. The average molecular weight is 486 g/mol. The van der Waals surface area contributed by atoms with Crippen molar-refractivity contribution in [2.45, 2.75) is 25.8 Å². The molecule has 0 aliphatic carbocycles. The van der Waals surface area contributed by atoms with E-state index in [1.165, 1.54) is 18.1 Å². The van der Waals surface area contributed by atoms with Gasteiger partial charge in [0.15, 0.2) is 0 Å². The lowest BCUT2D eigenvalue weighted by atomic mass is 9.93. The predicted molar refractivity (Wildman–Crippen MR) is 136 cm³/mol. The number of carbonyl (C=O) groups is 3. The third kappa shape index (κ3) is 4.35. The molecule has 7 nitrogen and oxygen atoms in total. The van der Waals surface area contributed by atoms with E-state index in [9.17, 15) is 19.5 Å². The Bertz CT molecular complexity index is 1360. The minimum absolute atomic E-state index is 0.0328. The van der Waals surface area contributed by atoms with Gasteiger partial charge in [-0.15, -0.1) is 0 Å². The summed E-state index contributed by atoms with van der Waals surface area (Å²) in [5.41, 5.74) is 2.44. The van der Waals surface area contributed by atoms with Gasteiger partial charge in [0.1, 0.15) is 11.5 Å². The van der Waals surface area contributed by atoms with Crippen LogP contribution in [0.15, 0.2) is 78.4 Å². The topological polar surface area (TPSA) is 93.1 Å².